The molecule has 0 radical (unpaired) electrons. The van der Waals surface area contributed by atoms with Crippen LogP contribution in [0.15, 0.2) is 28.5 Å². The second-order valence-corrected chi connectivity index (χ2v) is 12.1. The highest BCUT2D eigenvalue weighted by atomic mass is 32.2. The van der Waals surface area contributed by atoms with Crippen LogP contribution in [0.3, 0.4) is 0 Å². The number of piperazine rings is 1. The van der Waals surface area contributed by atoms with Crippen LogP contribution in [0, 0.1) is 20.8 Å². The molecule has 2 aromatic rings. The number of urea groups is 1. The predicted octanol–water partition coefficient (Wildman–Crippen LogP) is 2.27. The van der Waals surface area contributed by atoms with E-state index < -0.39 is 22.0 Å². The molecule has 1 aromatic carbocycles. The number of nitrogens with one attached hydrogen (secondary N) is 2. The van der Waals surface area contributed by atoms with Gasteiger partial charge in [0.05, 0.1) is 16.8 Å². The number of sulfonamides is 1. The van der Waals surface area contributed by atoms with Crippen molar-refractivity contribution in [2.75, 3.05) is 38.1 Å². The molecule has 0 spiro atoms. The summed E-state index contributed by atoms with van der Waals surface area (Å²) in [5, 5.41) is 6.31. The summed E-state index contributed by atoms with van der Waals surface area (Å²) < 4.78 is 34.0. The van der Waals surface area contributed by atoms with Gasteiger partial charge in [0.25, 0.3) is 10.0 Å². The molecule has 0 saturated carbocycles. The van der Waals surface area contributed by atoms with Gasteiger partial charge in [0, 0.05) is 38.5 Å². The average molecular weight is 522 g/mol. The quantitative estimate of drug-likeness (QED) is 0.602. The van der Waals surface area contributed by atoms with E-state index in [0.29, 0.717) is 29.5 Å². The van der Waals surface area contributed by atoms with Crippen LogP contribution in [-0.4, -0.2) is 79.5 Å². The predicted molar refractivity (Wildman–Crippen MR) is 133 cm³/mol. The van der Waals surface area contributed by atoms with Gasteiger partial charge in [0.15, 0.2) is 4.21 Å². The number of amides is 3. The molecular formula is C23H31N5O5S2. The van der Waals surface area contributed by atoms with Crippen LogP contribution in [0.25, 0.3) is 0 Å². The molecule has 3 heterocycles. The fraction of sp³-hybridized carbons (Fsp3) is 0.522. The second-order valence-electron chi connectivity index (χ2n) is 8.86. The molecule has 2 saturated heterocycles. The van der Waals surface area contributed by atoms with Crippen molar-refractivity contribution in [2.45, 2.75) is 50.0 Å². The number of aryl methyl sites for hydroxylation is 3. The minimum Gasteiger partial charge on any atom is -0.376 e. The van der Waals surface area contributed by atoms with Crippen LogP contribution >= 0.6 is 11.3 Å². The standard InChI is InChI=1S/C23H31N5O5S2/c1-15-6-8-18(9-7-15)26-23(30)27-10-11-28(35(31,32)22-16(2)25-17(3)34-22)20(14-27)21(29)24-13-19-5-4-12-33-19/h6-9,19-20H,4-5,10-14H2,1-3H3,(H,24,29)(H,26,30). The maximum Gasteiger partial charge on any atom is 0.321 e. The minimum atomic E-state index is -3.98. The molecule has 10 nitrogen and oxygen atoms in total. The molecule has 4 rings (SSSR count). The molecule has 3 amide bonds. The number of rotatable bonds is 6. The summed E-state index contributed by atoms with van der Waals surface area (Å²) in [6, 6.07) is 5.93. The van der Waals surface area contributed by atoms with Crippen LogP contribution < -0.4 is 10.6 Å². The van der Waals surface area contributed by atoms with Crippen LogP contribution in [0.4, 0.5) is 10.5 Å². The molecule has 2 N–H and O–H groups in total. The topological polar surface area (TPSA) is 121 Å². The number of nitrogens with zero attached hydrogens (tertiary/aromatic N) is 3. The molecule has 190 valence electrons. The van der Waals surface area contributed by atoms with Gasteiger partial charge in [-0.1, -0.05) is 17.7 Å². The second kappa shape index (κ2) is 10.6. The molecule has 35 heavy (non-hydrogen) atoms. The van der Waals surface area contributed by atoms with Gasteiger partial charge in [0.2, 0.25) is 5.91 Å². The van der Waals surface area contributed by atoms with Crippen molar-refractivity contribution >= 4 is 39.0 Å². The lowest BCUT2D eigenvalue weighted by Crippen LogP contribution is -2.62. The Labute approximate surface area is 209 Å². The van der Waals surface area contributed by atoms with Crippen molar-refractivity contribution in [3.8, 4) is 0 Å². The van der Waals surface area contributed by atoms with Crippen LogP contribution in [0.2, 0.25) is 0 Å². The maximum atomic E-state index is 13.6. The Morgan fingerprint density at radius 3 is 2.54 bits per heavy atom. The number of aromatic nitrogens is 1. The zero-order valence-corrected chi connectivity index (χ0v) is 21.7. The Morgan fingerprint density at radius 1 is 1.17 bits per heavy atom. The number of hydrogen-bond donors (Lipinski definition) is 2. The largest absolute Gasteiger partial charge is 0.376 e. The van der Waals surface area contributed by atoms with Gasteiger partial charge in [-0.05, 0) is 45.7 Å². The first-order chi connectivity index (χ1) is 16.6. The van der Waals surface area contributed by atoms with E-state index in [2.05, 4.69) is 15.6 Å². The highest BCUT2D eigenvalue weighted by Crippen LogP contribution is 2.29. The fourth-order valence-corrected chi connectivity index (χ4v) is 7.45. The Balaban J connectivity index is 1.54. The van der Waals surface area contributed by atoms with Gasteiger partial charge in [-0.3, -0.25) is 4.79 Å². The van der Waals surface area contributed by atoms with Gasteiger partial charge in [-0.15, -0.1) is 11.3 Å². The highest BCUT2D eigenvalue weighted by Gasteiger charge is 2.43. The van der Waals surface area contributed by atoms with Crippen molar-refractivity contribution in [1.29, 1.82) is 0 Å². The van der Waals surface area contributed by atoms with Gasteiger partial charge in [0.1, 0.15) is 6.04 Å². The zero-order chi connectivity index (χ0) is 25.2. The minimum absolute atomic E-state index is 0.00193. The summed E-state index contributed by atoms with van der Waals surface area (Å²) in [5.41, 5.74) is 2.11. The summed E-state index contributed by atoms with van der Waals surface area (Å²) in [6.45, 7) is 6.40. The first-order valence-electron chi connectivity index (χ1n) is 11.6. The van der Waals surface area contributed by atoms with Crippen LogP contribution in [0.1, 0.15) is 29.1 Å². The number of ether oxygens (including phenoxy) is 1. The molecule has 2 atom stereocenters. The van der Waals surface area contributed by atoms with Gasteiger partial charge >= 0.3 is 6.03 Å². The molecule has 0 aliphatic carbocycles. The number of benzene rings is 1. The number of anilines is 1. The number of carbonyl (C=O) groups is 2. The van der Waals surface area contributed by atoms with E-state index in [1.54, 1.807) is 26.0 Å². The van der Waals surface area contributed by atoms with E-state index in [1.807, 2.05) is 19.1 Å². The summed E-state index contributed by atoms with van der Waals surface area (Å²) >= 11 is 1.09. The monoisotopic (exact) mass is 521 g/mol. The van der Waals surface area contributed by atoms with Gasteiger partial charge < -0.3 is 20.3 Å². The van der Waals surface area contributed by atoms with E-state index in [9.17, 15) is 18.0 Å². The first kappa shape index (κ1) is 25.5. The smallest absolute Gasteiger partial charge is 0.321 e. The lowest BCUT2D eigenvalue weighted by atomic mass is 10.2. The number of thiazole rings is 1. The third kappa shape index (κ3) is 5.83. The zero-order valence-electron chi connectivity index (χ0n) is 20.1. The summed E-state index contributed by atoms with van der Waals surface area (Å²) in [4.78, 5) is 31.9. The van der Waals surface area contributed by atoms with E-state index in [0.717, 1.165) is 29.7 Å². The molecule has 1 aromatic heterocycles. The first-order valence-corrected chi connectivity index (χ1v) is 13.9. The number of carbonyl (C=O) groups excluding carboxylic acids is 2. The third-order valence-electron chi connectivity index (χ3n) is 6.16. The summed E-state index contributed by atoms with van der Waals surface area (Å²) in [6.07, 6.45) is 1.69. The summed E-state index contributed by atoms with van der Waals surface area (Å²) in [5.74, 6) is -0.448. The fourth-order valence-electron chi connectivity index (χ4n) is 4.29. The van der Waals surface area contributed by atoms with Crippen molar-refractivity contribution < 1.29 is 22.7 Å². The average Bonchev–Trinajstić information content (AvgIpc) is 3.47. The van der Waals surface area contributed by atoms with E-state index in [1.165, 1.54) is 9.21 Å². The maximum absolute atomic E-state index is 13.6. The lowest BCUT2D eigenvalue weighted by molar-refractivity contribution is -0.126. The Morgan fingerprint density at radius 2 is 1.91 bits per heavy atom. The molecule has 2 aliphatic heterocycles. The van der Waals surface area contributed by atoms with E-state index in [4.69, 9.17) is 4.74 Å². The summed E-state index contributed by atoms with van der Waals surface area (Å²) in [7, 11) is -3.98. The van der Waals surface area contributed by atoms with Gasteiger partial charge in [-0.2, -0.15) is 4.31 Å². The normalized spacial score (nSPS) is 21.2. The van der Waals surface area contributed by atoms with E-state index in [-0.39, 0.29) is 36.0 Å². The lowest BCUT2D eigenvalue weighted by Gasteiger charge is -2.39. The van der Waals surface area contributed by atoms with Crippen LogP contribution in [0.5, 0.6) is 0 Å². The van der Waals surface area contributed by atoms with Crippen molar-refractivity contribution in [3.63, 3.8) is 0 Å². The molecule has 0 bridgehead atoms. The molecule has 2 unspecified atom stereocenters. The highest BCUT2D eigenvalue weighted by molar-refractivity contribution is 7.91. The van der Waals surface area contributed by atoms with Crippen molar-refractivity contribution in [1.82, 2.24) is 19.5 Å². The van der Waals surface area contributed by atoms with Crippen molar-refractivity contribution in [3.05, 3.63) is 40.5 Å². The molecule has 2 aliphatic rings. The molecular weight excluding hydrogens is 490 g/mol. The Kier molecular flexibility index (Phi) is 7.74. The molecule has 2 fully saturated rings. The Bertz CT molecular complexity index is 1180. The molecule has 12 heteroatoms. The Hall–Kier alpha value is -2.54. The van der Waals surface area contributed by atoms with E-state index >= 15 is 0 Å². The van der Waals surface area contributed by atoms with Gasteiger partial charge in [-0.25, -0.2) is 18.2 Å². The third-order valence-corrected chi connectivity index (χ3v) is 9.72. The number of hydrogen-bond acceptors (Lipinski definition) is 7. The van der Waals surface area contributed by atoms with Crippen molar-refractivity contribution in [2.24, 2.45) is 0 Å². The SMILES string of the molecule is Cc1ccc(NC(=O)N2CCN(S(=O)(=O)c3sc(C)nc3C)C(C(=O)NCC3CCCO3)C2)cc1. The van der Waals surface area contributed by atoms with Crippen LogP contribution in [-0.2, 0) is 19.6 Å².